The molecule has 0 aliphatic carbocycles. The lowest BCUT2D eigenvalue weighted by Crippen LogP contribution is -2.31. The second-order valence-electron chi connectivity index (χ2n) is 5.74. The minimum Gasteiger partial charge on any atom is -0.452 e. The Hall–Kier alpha value is -2.49. The van der Waals surface area contributed by atoms with E-state index in [1.807, 2.05) is 42.5 Å². The summed E-state index contributed by atoms with van der Waals surface area (Å²) < 4.78 is 5.04. The number of ether oxygens (including phenoxy) is 1. The number of rotatable bonds is 8. The van der Waals surface area contributed by atoms with Crippen LogP contribution in [0.3, 0.4) is 0 Å². The molecule has 0 spiro atoms. The van der Waals surface area contributed by atoms with E-state index in [2.05, 4.69) is 0 Å². The van der Waals surface area contributed by atoms with Crippen molar-refractivity contribution in [2.75, 3.05) is 20.2 Å². The molecule has 0 saturated heterocycles. The standard InChI is InChI=1S/C20H19ClN2O3S/c1-23(12-2-11-22)19(24)13-26-20(25)16-5-3-15(4-6-16)14-27-18-9-7-17(21)8-10-18/h3-10H,2,12-14H2,1H3. The molecule has 27 heavy (non-hydrogen) atoms. The van der Waals surface area contributed by atoms with E-state index in [0.717, 1.165) is 16.2 Å². The molecule has 7 heteroatoms. The molecular formula is C20H19ClN2O3S. The van der Waals surface area contributed by atoms with Gasteiger partial charge in [-0.05, 0) is 42.0 Å². The number of likely N-dealkylation sites (N-methyl/N-ethyl adjacent to an activating group) is 1. The van der Waals surface area contributed by atoms with Crippen molar-refractivity contribution in [2.24, 2.45) is 0 Å². The summed E-state index contributed by atoms with van der Waals surface area (Å²) in [4.78, 5) is 26.3. The third kappa shape index (κ3) is 6.97. The van der Waals surface area contributed by atoms with Crippen LogP contribution in [0.25, 0.3) is 0 Å². The molecular weight excluding hydrogens is 384 g/mol. The van der Waals surface area contributed by atoms with Crippen LogP contribution in [0, 0.1) is 11.3 Å². The Morgan fingerprint density at radius 3 is 2.44 bits per heavy atom. The van der Waals surface area contributed by atoms with Gasteiger partial charge in [0.2, 0.25) is 0 Å². The van der Waals surface area contributed by atoms with Crippen molar-refractivity contribution in [1.29, 1.82) is 5.26 Å². The van der Waals surface area contributed by atoms with Gasteiger partial charge in [0.25, 0.3) is 5.91 Å². The molecule has 0 aliphatic heterocycles. The zero-order valence-electron chi connectivity index (χ0n) is 14.9. The first-order valence-corrected chi connectivity index (χ1v) is 9.61. The quantitative estimate of drug-likeness (QED) is 0.489. The van der Waals surface area contributed by atoms with Crippen LogP contribution < -0.4 is 0 Å². The van der Waals surface area contributed by atoms with Crippen LogP contribution in [0.4, 0.5) is 0 Å². The van der Waals surface area contributed by atoms with E-state index >= 15 is 0 Å². The monoisotopic (exact) mass is 402 g/mol. The van der Waals surface area contributed by atoms with E-state index in [0.29, 0.717) is 17.1 Å². The molecule has 2 rings (SSSR count). The van der Waals surface area contributed by atoms with Crippen molar-refractivity contribution in [3.8, 4) is 6.07 Å². The Labute approximate surface area is 167 Å². The van der Waals surface area contributed by atoms with Crippen LogP contribution in [0.15, 0.2) is 53.4 Å². The Kier molecular flexibility index (Phi) is 8.18. The smallest absolute Gasteiger partial charge is 0.338 e. The summed E-state index contributed by atoms with van der Waals surface area (Å²) in [5, 5.41) is 9.23. The van der Waals surface area contributed by atoms with E-state index in [-0.39, 0.29) is 18.9 Å². The minimum absolute atomic E-state index is 0.242. The van der Waals surface area contributed by atoms with Gasteiger partial charge < -0.3 is 9.64 Å². The van der Waals surface area contributed by atoms with E-state index < -0.39 is 5.97 Å². The number of nitriles is 1. The Balaban J connectivity index is 1.81. The lowest BCUT2D eigenvalue weighted by Gasteiger charge is -2.15. The zero-order chi connectivity index (χ0) is 19.6. The molecule has 0 unspecified atom stereocenters. The van der Waals surface area contributed by atoms with Crippen LogP contribution in [0.2, 0.25) is 5.02 Å². The highest BCUT2D eigenvalue weighted by Crippen LogP contribution is 2.24. The second-order valence-corrected chi connectivity index (χ2v) is 7.22. The fraction of sp³-hybridized carbons (Fsp3) is 0.250. The summed E-state index contributed by atoms with van der Waals surface area (Å²) in [5.74, 6) is -0.123. The highest BCUT2D eigenvalue weighted by molar-refractivity contribution is 7.98. The van der Waals surface area contributed by atoms with Crippen LogP contribution >= 0.6 is 23.4 Å². The zero-order valence-corrected chi connectivity index (χ0v) is 16.4. The Morgan fingerprint density at radius 1 is 1.15 bits per heavy atom. The lowest BCUT2D eigenvalue weighted by atomic mass is 10.1. The van der Waals surface area contributed by atoms with Crippen molar-refractivity contribution >= 4 is 35.2 Å². The van der Waals surface area contributed by atoms with Crippen LogP contribution in [-0.4, -0.2) is 37.0 Å². The molecule has 0 aliphatic rings. The number of hydrogen-bond donors (Lipinski definition) is 0. The largest absolute Gasteiger partial charge is 0.452 e. The molecule has 0 bridgehead atoms. The number of benzene rings is 2. The highest BCUT2D eigenvalue weighted by atomic mass is 35.5. The normalized spacial score (nSPS) is 10.1. The minimum atomic E-state index is -0.547. The number of carbonyl (C=O) groups excluding carboxylic acids is 2. The van der Waals surface area contributed by atoms with E-state index in [1.54, 1.807) is 30.9 Å². The summed E-state index contributed by atoms with van der Waals surface area (Å²) in [6.07, 6.45) is 0.242. The maximum Gasteiger partial charge on any atom is 0.338 e. The lowest BCUT2D eigenvalue weighted by molar-refractivity contribution is -0.133. The molecule has 0 fully saturated rings. The van der Waals surface area contributed by atoms with Gasteiger partial charge >= 0.3 is 5.97 Å². The van der Waals surface area contributed by atoms with Gasteiger partial charge in [0.05, 0.1) is 18.1 Å². The van der Waals surface area contributed by atoms with Gasteiger partial charge in [-0.3, -0.25) is 4.79 Å². The van der Waals surface area contributed by atoms with Gasteiger partial charge in [0, 0.05) is 29.3 Å². The number of carbonyl (C=O) groups is 2. The first kappa shape index (κ1) is 20.8. The molecule has 0 atom stereocenters. The number of nitrogens with zero attached hydrogens (tertiary/aromatic N) is 2. The summed E-state index contributed by atoms with van der Waals surface area (Å²) in [6, 6.07) is 16.7. The van der Waals surface area contributed by atoms with Crippen LogP contribution in [0.5, 0.6) is 0 Å². The molecule has 0 radical (unpaired) electrons. The molecule has 0 N–H and O–H groups in total. The first-order valence-electron chi connectivity index (χ1n) is 8.25. The third-order valence-corrected chi connectivity index (χ3v) is 5.06. The summed E-state index contributed by atoms with van der Waals surface area (Å²) in [6.45, 7) is -0.0260. The summed E-state index contributed by atoms with van der Waals surface area (Å²) >= 11 is 7.54. The highest BCUT2D eigenvalue weighted by Gasteiger charge is 2.13. The first-order chi connectivity index (χ1) is 13.0. The maximum absolute atomic E-state index is 12.0. The van der Waals surface area contributed by atoms with Gasteiger partial charge in [-0.15, -0.1) is 11.8 Å². The van der Waals surface area contributed by atoms with Gasteiger partial charge in [0.1, 0.15) is 0 Å². The van der Waals surface area contributed by atoms with Gasteiger partial charge in [-0.2, -0.15) is 5.26 Å². The van der Waals surface area contributed by atoms with Crippen LogP contribution in [0.1, 0.15) is 22.3 Å². The topological polar surface area (TPSA) is 70.4 Å². The number of amides is 1. The average molecular weight is 403 g/mol. The predicted molar refractivity (Wildman–Crippen MR) is 106 cm³/mol. The van der Waals surface area contributed by atoms with Gasteiger partial charge in [-0.25, -0.2) is 4.79 Å². The third-order valence-electron chi connectivity index (χ3n) is 3.72. The summed E-state index contributed by atoms with van der Waals surface area (Å²) in [5.41, 5.74) is 1.46. The molecule has 140 valence electrons. The van der Waals surface area contributed by atoms with Crippen molar-refractivity contribution in [1.82, 2.24) is 4.90 Å². The molecule has 0 heterocycles. The van der Waals surface area contributed by atoms with Crippen molar-refractivity contribution in [3.63, 3.8) is 0 Å². The molecule has 0 saturated carbocycles. The van der Waals surface area contributed by atoms with E-state index in [9.17, 15) is 9.59 Å². The van der Waals surface area contributed by atoms with E-state index in [4.69, 9.17) is 21.6 Å². The fourth-order valence-electron chi connectivity index (χ4n) is 2.10. The second kappa shape index (κ2) is 10.6. The fourth-order valence-corrected chi connectivity index (χ4v) is 3.08. The number of halogens is 1. The maximum atomic E-state index is 12.0. The van der Waals surface area contributed by atoms with Crippen molar-refractivity contribution < 1.29 is 14.3 Å². The van der Waals surface area contributed by atoms with Gasteiger partial charge in [0.15, 0.2) is 6.61 Å². The summed E-state index contributed by atoms with van der Waals surface area (Å²) in [7, 11) is 1.57. The number of esters is 1. The predicted octanol–water partition coefficient (Wildman–Crippen LogP) is 4.16. The van der Waals surface area contributed by atoms with Gasteiger partial charge in [-0.1, -0.05) is 23.7 Å². The number of thioether (sulfide) groups is 1. The van der Waals surface area contributed by atoms with Crippen molar-refractivity contribution in [2.45, 2.75) is 17.1 Å². The SMILES string of the molecule is CN(CCC#N)C(=O)COC(=O)c1ccc(CSc2ccc(Cl)cc2)cc1. The molecule has 1 amide bonds. The molecule has 2 aromatic carbocycles. The average Bonchev–Trinajstić information content (AvgIpc) is 2.69. The molecule has 5 nitrogen and oxygen atoms in total. The Morgan fingerprint density at radius 2 is 1.81 bits per heavy atom. The Bertz CT molecular complexity index is 817. The molecule has 0 aromatic heterocycles. The van der Waals surface area contributed by atoms with Crippen molar-refractivity contribution in [3.05, 3.63) is 64.7 Å². The molecule has 2 aromatic rings. The number of hydrogen-bond acceptors (Lipinski definition) is 5. The van der Waals surface area contributed by atoms with Crippen LogP contribution in [-0.2, 0) is 15.3 Å². The van der Waals surface area contributed by atoms with E-state index in [1.165, 1.54) is 4.90 Å².